The molecule has 1 amide bonds. The third-order valence-corrected chi connectivity index (χ3v) is 3.58. The second-order valence-electron chi connectivity index (χ2n) is 4.36. The summed E-state index contributed by atoms with van der Waals surface area (Å²) in [6, 6.07) is 7.76. The van der Waals surface area contributed by atoms with E-state index in [4.69, 9.17) is 4.74 Å². The van der Waals surface area contributed by atoms with E-state index in [1.54, 1.807) is 0 Å². The molecular weight excluding hydrogens is 276 g/mol. The number of hydrogen-bond donors (Lipinski definition) is 1. The fourth-order valence-corrected chi connectivity index (χ4v) is 2.52. The Morgan fingerprint density at radius 2 is 2.10 bits per heavy atom. The molecule has 0 bridgehead atoms. The molecule has 2 aromatic rings. The zero-order chi connectivity index (χ0) is 13.8. The Morgan fingerprint density at radius 3 is 2.85 bits per heavy atom. The molecule has 0 aliphatic carbocycles. The Hall–Kier alpha value is -1.99. The van der Waals surface area contributed by atoms with Crippen molar-refractivity contribution in [2.75, 3.05) is 36.5 Å². The van der Waals surface area contributed by atoms with E-state index in [2.05, 4.69) is 19.0 Å². The number of ether oxygens (including phenoxy) is 1. The van der Waals surface area contributed by atoms with E-state index < -0.39 is 0 Å². The molecule has 1 aliphatic heterocycles. The number of anilines is 2. The van der Waals surface area contributed by atoms with E-state index in [1.807, 2.05) is 24.3 Å². The minimum Gasteiger partial charge on any atom is -0.378 e. The standard InChI is InChI=1S/C13H14N4O2S/c18-13(11-9-14-20-16-11)15-10-3-1-2-4-12(10)17-5-7-19-8-6-17/h1-4,9H,5-8H2,(H,15,18). The number of nitrogens with zero attached hydrogens (tertiary/aromatic N) is 3. The van der Waals surface area contributed by atoms with Crippen LogP contribution < -0.4 is 10.2 Å². The van der Waals surface area contributed by atoms with Gasteiger partial charge in [-0.1, -0.05) is 12.1 Å². The summed E-state index contributed by atoms with van der Waals surface area (Å²) in [5, 5.41) is 2.89. The van der Waals surface area contributed by atoms with Crippen LogP contribution in [0.5, 0.6) is 0 Å². The molecule has 2 heterocycles. The third-order valence-electron chi connectivity index (χ3n) is 3.10. The number of aromatic nitrogens is 2. The summed E-state index contributed by atoms with van der Waals surface area (Å²) in [4.78, 5) is 14.3. The van der Waals surface area contributed by atoms with Crippen LogP contribution in [0.4, 0.5) is 11.4 Å². The number of hydrogen-bond acceptors (Lipinski definition) is 6. The maximum absolute atomic E-state index is 12.1. The highest BCUT2D eigenvalue weighted by Gasteiger charge is 2.16. The first kappa shape index (κ1) is 13.0. The summed E-state index contributed by atoms with van der Waals surface area (Å²) in [7, 11) is 0. The molecule has 0 saturated carbocycles. The molecule has 1 aromatic carbocycles. The summed E-state index contributed by atoms with van der Waals surface area (Å²) in [6.45, 7) is 3.06. The van der Waals surface area contributed by atoms with Crippen molar-refractivity contribution in [2.24, 2.45) is 0 Å². The van der Waals surface area contributed by atoms with Crippen molar-refractivity contribution in [3.05, 3.63) is 36.2 Å². The molecule has 0 unspecified atom stereocenters. The van der Waals surface area contributed by atoms with E-state index in [0.29, 0.717) is 18.9 Å². The van der Waals surface area contributed by atoms with Crippen molar-refractivity contribution in [1.82, 2.24) is 8.75 Å². The first-order chi connectivity index (χ1) is 9.84. The normalized spacial score (nSPS) is 15.1. The summed E-state index contributed by atoms with van der Waals surface area (Å²) in [5.41, 5.74) is 2.13. The minimum absolute atomic E-state index is 0.237. The first-order valence-electron chi connectivity index (χ1n) is 6.35. The number of carbonyl (C=O) groups excluding carboxylic acids is 1. The van der Waals surface area contributed by atoms with Crippen LogP contribution in [0.2, 0.25) is 0 Å². The van der Waals surface area contributed by atoms with Crippen molar-refractivity contribution < 1.29 is 9.53 Å². The number of benzene rings is 1. The third kappa shape index (κ3) is 2.78. The van der Waals surface area contributed by atoms with Crippen LogP contribution in [-0.2, 0) is 4.74 Å². The van der Waals surface area contributed by atoms with Gasteiger partial charge in [0.15, 0.2) is 5.69 Å². The lowest BCUT2D eigenvalue weighted by atomic mass is 10.2. The van der Waals surface area contributed by atoms with Gasteiger partial charge in [0.1, 0.15) is 0 Å². The highest BCUT2D eigenvalue weighted by Crippen LogP contribution is 2.26. The first-order valence-corrected chi connectivity index (χ1v) is 7.08. The molecule has 7 heteroatoms. The molecule has 20 heavy (non-hydrogen) atoms. The molecule has 0 spiro atoms. The Labute approximate surface area is 120 Å². The quantitative estimate of drug-likeness (QED) is 0.930. The predicted octanol–water partition coefficient (Wildman–Crippen LogP) is 1.63. The van der Waals surface area contributed by atoms with Crippen LogP contribution in [0, 0.1) is 0 Å². The second kappa shape index (κ2) is 5.98. The number of nitrogens with one attached hydrogen (secondary N) is 1. The summed E-state index contributed by atoms with van der Waals surface area (Å²) in [5.74, 6) is -0.237. The molecule has 1 saturated heterocycles. The summed E-state index contributed by atoms with van der Waals surface area (Å²) < 4.78 is 13.1. The Balaban J connectivity index is 1.80. The van der Waals surface area contributed by atoms with Crippen LogP contribution >= 0.6 is 11.7 Å². The molecule has 0 radical (unpaired) electrons. The number of carbonyl (C=O) groups is 1. The topological polar surface area (TPSA) is 67.4 Å². The van der Waals surface area contributed by atoms with Crippen LogP contribution in [0.1, 0.15) is 10.5 Å². The zero-order valence-corrected chi connectivity index (χ0v) is 11.6. The SMILES string of the molecule is O=C(Nc1ccccc1N1CCOCC1)c1cnsn1. The van der Waals surface area contributed by atoms with Gasteiger partial charge < -0.3 is 15.0 Å². The van der Waals surface area contributed by atoms with E-state index in [-0.39, 0.29) is 5.91 Å². The minimum atomic E-state index is -0.237. The van der Waals surface area contributed by atoms with E-state index >= 15 is 0 Å². The molecular formula is C13H14N4O2S. The molecule has 1 aromatic heterocycles. The second-order valence-corrected chi connectivity index (χ2v) is 4.92. The van der Waals surface area contributed by atoms with Gasteiger partial charge in [-0.05, 0) is 12.1 Å². The van der Waals surface area contributed by atoms with Crippen LogP contribution in [-0.4, -0.2) is 41.0 Å². The van der Waals surface area contributed by atoms with Gasteiger partial charge in [-0.25, -0.2) is 0 Å². The summed E-state index contributed by atoms with van der Waals surface area (Å²) >= 11 is 1.02. The lowest BCUT2D eigenvalue weighted by molar-refractivity contribution is 0.102. The van der Waals surface area contributed by atoms with Crippen LogP contribution in [0.15, 0.2) is 30.5 Å². The van der Waals surface area contributed by atoms with Gasteiger partial charge in [-0.15, -0.1) is 0 Å². The average molecular weight is 290 g/mol. The number of morpholine rings is 1. The fourth-order valence-electron chi connectivity index (χ4n) is 2.11. The van der Waals surface area contributed by atoms with Crippen LogP contribution in [0.3, 0.4) is 0 Å². The predicted molar refractivity (Wildman–Crippen MR) is 77.3 cm³/mol. The molecule has 1 N–H and O–H groups in total. The number of amides is 1. The largest absolute Gasteiger partial charge is 0.378 e. The van der Waals surface area contributed by atoms with Gasteiger partial charge in [-0.2, -0.15) is 8.75 Å². The van der Waals surface area contributed by atoms with Gasteiger partial charge >= 0.3 is 0 Å². The average Bonchev–Trinajstić information content (AvgIpc) is 3.03. The van der Waals surface area contributed by atoms with Crippen molar-refractivity contribution in [1.29, 1.82) is 0 Å². The molecule has 1 aliphatic rings. The number of para-hydroxylation sites is 2. The molecule has 1 fully saturated rings. The summed E-state index contributed by atoms with van der Waals surface area (Å²) in [6.07, 6.45) is 1.47. The van der Waals surface area contributed by atoms with Crippen molar-refractivity contribution in [2.45, 2.75) is 0 Å². The maximum atomic E-state index is 12.1. The van der Waals surface area contributed by atoms with Crippen molar-refractivity contribution in [3.63, 3.8) is 0 Å². The van der Waals surface area contributed by atoms with Crippen molar-refractivity contribution >= 4 is 29.0 Å². The molecule has 6 nitrogen and oxygen atoms in total. The zero-order valence-electron chi connectivity index (χ0n) is 10.8. The Kier molecular flexibility index (Phi) is 3.89. The molecule has 3 rings (SSSR count). The number of rotatable bonds is 3. The lowest BCUT2D eigenvalue weighted by Gasteiger charge is -2.30. The van der Waals surface area contributed by atoms with E-state index in [1.165, 1.54) is 6.20 Å². The fraction of sp³-hybridized carbons (Fsp3) is 0.308. The highest BCUT2D eigenvalue weighted by molar-refractivity contribution is 6.99. The van der Waals surface area contributed by atoms with E-state index in [0.717, 1.165) is 36.2 Å². The van der Waals surface area contributed by atoms with Gasteiger partial charge in [0.05, 0.1) is 42.5 Å². The monoisotopic (exact) mass is 290 g/mol. The smallest absolute Gasteiger partial charge is 0.277 e. The Morgan fingerprint density at radius 1 is 1.30 bits per heavy atom. The van der Waals surface area contributed by atoms with Gasteiger partial charge in [0.2, 0.25) is 0 Å². The van der Waals surface area contributed by atoms with Gasteiger partial charge in [0, 0.05) is 13.1 Å². The molecule has 104 valence electrons. The van der Waals surface area contributed by atoms with Gasteiger partial charge in [-0.3, -0.25) is 4.79 Å². The van der Waals surface area contributed by atoms with E-state index in [9.17, 15) is 4.79 Å². The Bertz CT molecular complexity index is 582. The molecule has 0 atom stereocenters. The van der Waals surface area contributed by atoms with Gasteiger partial charge in [0.25, 0.3) is 5.91 Å². The van der Waals surface area contributed by atoms with Crippen molar-refractivity contribution in [3.8, 4) is 0 Å². The highest BCUT2D eigenvalue weighted by atomic mass is 32.1. The van der Waals surface area contributed by atoms with Crippen LogP contribution in [0.25, 0.3) is 0 Å². The lowest BCUT2D eigenvalue weighted by Crippen LogP contribution is -2.36. The maximum Gasteiger partial charge on any atom is 0.277 e.